The number of benzene rings is 3. The summed E-state index contributed by atoms with van der Waals surface area (Å²) < 4.78 is 0. The molecule has 3 aromatic rings. The van der Waals surface area contributed by atoms with Gasteiger partial charge in [-0.2, -0.15) is 0 Å². The van der Waals surface area contributed by atoms with Crippen LogP contribution in [-0.4, -0.2) is 6.26 Å². The lowest BCUT2D eigenvalue weighted by atomic mass is 9.92. The van der Waals surface area contributed by atoms with Crippen LogP contribution in [0.4, 0.5) is 0 Å². The number of rotatable bonds is 3. The number of nitrogens with two attached hydrogens (primary N) is 1. The van der Waals surface area contributed by atoms with Crippen molar-refractivity contribution in [3.63, 3.8) is 0 Å². The molecule has 0 aromatic heterocycles. The maximum atomic E-state index is 6.60. The molecule has 1 atom stereocenters. The van der Waals surface area contributed by atoms with Gasteiger partial charge in [0.2, 0.25) is 0 Å². The Morgan fingerprint density at radius 2 is 1.48 bits per heavy atom. The van der Waals surface area contributed by atoms with Gasteiger partial charge in [0.15, 0.2) is 0 Å². The number of hydrogen-bond donors (Lipinski definition) is 1. The molecule has 0 aliphatic carbocycles. The van der Waals surface area contributed by atoms with Gasteiger partial charge in [0.1, 0.15) is 0 Å². The van der Waals surface area contributed by atoms with E-state index in [0.29, 0.717) is 0 Å². The molecule has 0 aliphatic rings. The summed E-state index contributed by atoms with van der Waals surface area (Å²) in [4.78, 5) is 1.25. The Morgan fingerprint density at radius 1 is 0.810 bits per heavy atom. The third kappa shape index (κ3) is 2.57. The molecule has 3 aromatic carbocycles. The van der Waals surface area contributed by atoms with E-state index in [1.807, 2.05) is 0 Å². The normalized spacial score (nSPS) is 12.5. The van der Waals surface area contributed by atoms with Crippen LogP contribution in [0.1, 0.15) is 22.7 Å². The first kappa shape index (κ1) is 14.2. The van der Waals surface area contributed by atoms with Gasteiger partial charge in [0, 0.05) is 4.90 Å². The number of aryl methyl sites for hydroxylation is 1. The lowest BCUT2D eigenvalue weighted by molar-refractivity contribution is 0.856. The number of thioether (sulfide) groups is 1. The molecule has 0 saturated heterocycles. The van der Waals surface area contributed by atoms with Crippen LogP contribution in [0.2, 0.25) is 0 Å². The Hall–Kier alpha value is -1.77. The Kier molecular flexibility index (Phi) is 4.00. The highest BCUT2D eigenvalue weighted by Gasteiger charge is 2.15. The lowest BCUT2D eigenvalue weighted by Crippen LogP contribution is -2.13. The van der Waals surface area contributed by atoms with E-state index >= 15 is 0 Å². The SMILES string of the molecule is CSc1ccccc1C(N)c1ccc(C)c2ccccc12. The lowest BCUT2D eigenvalue weighted by Gasteiger charge is -2.18. The predicted molar refractivity (Wildman–Crippen MR) is 92.9 cm³/mol. The summed E-state index contributed by atoms with van der Waals surface area (Å²) in [6.45, 7) is 2.15. The third-order valence-electron chi connectivity index (χ3n) is 3.98. The molecule has 21 heavy (non-hydrogen) atoms. The maximum absolute atomic E-state index is 6.60. The summed E-state index contributed by atoms with van der Waals surface area (Å²) in [6, 6.07) is 21.1. The summed E-state index contributed by atoms with van der Waals surface area (Å²) in [7, 11) is 0. The molecule has 0 radical (unpaired) electrons. The Labute approximate surface area is 130 Å². The van der Waals surface area contributed by atoms with Crippen molar-refractivity contribution in [2.45, 2.75) is 17.9 Å². The van der Waals surface area contributed by atoms with Crippen molar-refractivity contribution in [2.24, 2.45) is 5.73 Å². The third-order valence-corrected chi connectivity index (χ3v) is 4.80. The zero-order valence-electron chi connectivity index (χ0n) is 12.3. The van der Waals surface area contributed by atoms with Crippen molar-refractivity contribution >= 4 is 22.5 Å². The smallest absolute Gasteiger partial charge is 0.0568 e. The van der Waals surface area contributed by atoms with Crippen LogP contribution in [0.25, 0.3) is 10.8 Å². The molecule has 0 fully saturated rings. The molecule has 1 nitrogen and oxygen atoms in total. The van der Waals surface area contributed by atoms with Gasteiger partial charge >= 0.3 is 0 Å². The highest BCUT2D eigenvalue weighted by molar-refractivity contribution is 7.98. The van der Waals surface area contributed by atoms with E-state index in [-0.39, 0.29) is 6.04 Å². The molecule has 0 saturated carbocycles. The molecule has 0 aliphatic heterocycles. The van der Waals surface area contributed by atoms with Crippen LogP contribution >= 0.6 is 11.8 Å². The molecular weight excluding hydrogens is 274 g/mol. The van der Waals surface area contributed by atoms with Crippen molar-refractivity contribution in [1.29, 1.82) is 0 Å². The second kappa shape index (κ2) is 5.92. The van der Waals surface area contributed by atoms with Crippen LogP contribution in [0.3, 0.4) is 0 Å². The fraction of sp³-hybridized carbons (Fsp3) is 0.158. The zero-order chi connectivity index (χ0) is 14.8. The minimum atomic E-state index is -0.0980. The first-order valence-corrected chi connectivity index (χ1v) is 8.31. The van der Waals surface area contributed by atoms with Gasteiger partial charge in [-0.15, -0.1) is 11.8 Å². The van der Waals surface area contributed by atoms with Crippen molar-refractivity contribution in [3.8, 4) is 0 Å². The van der Waals surface area contributed by atoms with Gasteiger partial charge in [-0.05, 0) is 46.7 Å². The van der Waals surface area contributed by atoms with Crippen molar-refractivity contribution in [3.05, 3.63) is 77.4 Å². The fourth-order valence-corrected chi connectivity index (χ4v) is 3.48. The van der Waals surface area contributed by atoms with E-state index in [2.05, 4.69) is 73.8 Å². The van der Waals surface area contributed by atoms with E-state index in [9.17, 15) is 0 Å². The highest BCUT2D eigenvalue weighted by atomic mass is 32.2. The van der Waals surface area contributed by atoms with Crippen LogP contribution in [0.15, 0.2) is 65.6 Å². The molecule has 0 bridgehead atoms. The molecular formula is C19H19NS. The van der Waals surface area contributed by atoms with Gasteiger partial charge < -0.3 is 5.73 Å². The van der Waals surface area contributed by atoms with E-state index in [4.69, 9.17) is 5.73 Å². The van der Waals surface area contributed by atoms with Crippen molar-refractivity contribution < 1.29 is 0 Å². The van der Waals surface area contributed by atoms with Gasteiger partial charge in [-0.3, -0.25) is 0 Å². The Morgan fingerprint density at radius 3 is 2.24 bits per heavy atom. The van der Waals surface area contributed by atoms with E-state index in [0.717, 1.165) is 0 Å². The van der Waals surface area contributed by atoms with E-state index in [1.165, 1.54) is 32.4 Å². The predicted octanol–water partition coefficient (Wildman–Crippen LogP) is 4.92. The molecule has 2 heteroatoms. The summed E-state index contributed by atoms with van der Waals surface area (Å²) in [5.41, 5.74) is 10.3. The molecule has 2 N–H and O–H groups in total. The summed E-state index contributed by atoms with van der Waals surface area (Å²) in [5, 5.41) is 2.54. The molecule has 0 heterocycles. The van der Waals surface area contributed by atoms with E-state index < -0.39 is 0 Å². The maximum Gasteiger partial charge on any atom is 0.0568 e. The van der Waals surface area contributed by atoms with E-state index in [1.54, 1.807) is 11.8 Å². The molecule has 1 unspecified atom stereocenters. The Bertz CT molecular complexity index is 779. The van der Waals surface area contributed by atoms with Gasteiger partial charge in [-0.25, -0.2) is 0 Å². The van der Waals surface area contributed by atoms with Gasteiger partial charge in [0.05, 0.1) is 6.04 Å². The van der Waals surface area contributed by atoms with Gasteiger partial charge in [0.25, 0.3) is 0 Å². The second-order valence-corrected chi connectivity index (χ2v) is 6.08. The number of hydrogen-bond acceptors (Lipinski definition) is 2. The zero-order valence-corrected chi connectivity index (χ0v) is 13.2. The topological polar surface area (TPSA) is 26.0 Å². The summed E-state index contributed by atoms with van der Waals surface area (Å²) in [5.74, 6) is 0. The Balaban J connectivity index is 2.18. The average Bonchev–Trinajstić information content (AvgIpc) is 2.55. The quantitative estimate of drug-likeness (QED) is 0.694. The average molecular weight is 293 g/mol. The molecule has 0 spiro atoms. The second-order valence-electron chi connectivity index (χ2n) is 5.24. The minimum Gasteiger partial charge on any atom is -0.320 e. The summed E-state index contributed by atoms with van der Waals surface area (Å²) >= 11 is 1.75. The van der Waals surface area contributed by atoms with Crippen LogP contribution in [-0.2, 0) is 0 Å². The first-order valence-electron chi connectivity index (χ1n) is 7.09. The molecule has 106 valence electrons. The van der Waals surface area contributed by atoms with Crippen molar-refractivity contribution in [1.82, 2.24) is 0 Å². The molecule has 0 amide bonds. The van der Waals surface area contributed by atoms with Crippen LogP contribution < -0.4 is 5.73 Å². The molecule has 3 rings (SSSR count). The standard InChI is InChI=1S/C19H19NS/c1-13-11-12-16(15-8-4-3-7-14(13)15)19(20)17-9-5-6-10-18(17)21-2/h3-12,19H,20H2,1-2H3. The van der Waals surface area contributed by atoms with Crippen molar-refractivity contribution in [2.75, 3.05) is 6.26 Å². The number of fused-ring (bicyclic) bond motifs is 1. The minimum absolute atomic E-state index is 0.0980. The summed E-state index contributed by atoms with van der Waals surface area (Å²) in [6.07, 6.45) is 2.10. The van der Waals surface area contributed by atoms with Crippen LogP contribution in [0, 0.1) is 6.92 Å². The van der Waals surface area contributed by atoms with Gasteiger partial charge in [-0.1, -0.05) is 54.6 Å². The van der Waals surface area contributed by atoms with Crippen LogP contribution in [0.5, 0.6) is 0 Å². The largest absolute Gasteiger partial charge is 0.320 e. The monoisotopic (exact) mass is 293 g/mol. The first-order chi connectivity index (χ1) is 10.2. The highest BCUT2D eigenvalue weighted by Crippen LogP contribution is 2.33. The fourth-order valence-electron chi connectivity index (χ4n) is 2.84.